The molecule has 1 fully saturated rings. The maximum Gasteiger partial charge on any atom is 0.0844 e. The molecule has 0 bridgehead atoms. The maximum atomic E-state index is 5.60. The molecule has 0 aromatic heterocycles. The highest BCUT2D eigenvalue weighted by Gasteiger charge is 2.36. The third kappa shape index (κ3) is 4.44. The summed E-state index contributed by atoms with van der Waals surface area (Å²) in [4.78, 5) is 4.85. The van der Waals surface area contributed by atoms with Crippen LogP contribution in [0.3, 0.4) is 0 Å². The maximum absolute atomic E-state index is 5.60. The summed E-state index contributed by atoms with van der Waals surface area (Å²) in [6, 6.07) is 0. The number of hydrogen-bond donors (Lipinski definition) is 0. The minimum atomic E-state index is 0.247. The summed E-state index contributed by atoms with van der Waals surface area (Å²) in [6.45, 7) is 13.9. The van der Waals surface area contributed by atoms with E-state index in [-0.39, 0.29) is 5.41 Å². The van der Waals surface area contributed by atoms with E-state index in [4.69, 9.17) is 9.73 Å². The van der Waals surface area contributed by atoms with E-state index in [2.05, 4.69) is 83.0 Å². The molecule has 158 valence electrons. The van der Waals surface area contributed by atoms with Crippen LogP contribution in [0.5, 0.6) is 0 Å². The average Bonchev–Trinajstić information content (AvgIpc) is 3.58. The van der Waals surface area contributed by atoms with Crippen LogP contribution in [0.4, 0.5) is 0 Å². The van der Waals surface area contributed by atoms with E-state index in [1.807, 2.05) is 6.08 Å². The zero-order chi connectivity index (χ0) is 21.3. The van der Waals surface area contributed by atoms with Crippen LogP contribution in [-0.4, -0.2) is 18.9 Å². The molecule has 2 aliphatic heterocycles. The summed E-state index contributed by atoms with van der Waals surface area (Å²) in [5, 5.41) is 0. The Bertz CT molecular complexity index is 909. The van der Waals surface area contributed by atoms with Crippen LogP contribution < -0.4 is 0 Å². The molecule has 0 saturated carbocycles. The molecule has 0 radical (unpaired) electrons. The predicted octanol–water partition coefficient (Wildman–Crippen LogP) is 6.91. The van der Waals surface area contributed by atoms with Crippen molar-refractivity contribution in [3.8, 4) is 0 Å². The standard InChI is InChI=1S/C28H35NO/c1-6-7-8-24(19(2)26-18-30-26)21-11-14-25-22(17-21)15-16-29-27(25)20-9-12-23(13-10-20)28(3,4)5/h6-9,11-12,14,16-17,19,22,24,26H,1,10,13,15,18H2,2-5H3. The topological polar surface area (TPSA) is 24.9 Å². The van der Waals surface area contributed by atoms with Crippen LogP contribution in [0.25, 0.3) is 0 Å². The Balaban J connectivity index is 1.61. The van der Waals surface area contributed by atoms with Crippen LogP contribution in [0.2, 0.25) is 0 Å². The second-order valence-electron chi connectivity index (χ2n) is 9.97. The van der Waals surface area contributed by atoms with E-state index in [9.17, 15) is 0 Å². The zero-order valence-corrected chi connectivity index (χ0v) is 18.9. The molecule has 2 nitrogen and oxygen atoms in total. The van der Waals surface area contributed by atoms with Crippen molar-refractivity contribution >= 4 is 6.21 Å². The van der Waals surface area contributed by atoms with E-state index < -0.39 is 0 Å². The van der Waals surface area contributed by atoms with E-state index >= 15 is 0 Å². The summed E-state index contributed by atoms with van der Waals surface area (Å²) < 4.78 is 5.60. The fraction of sp³-hybridized carbons (Fsp3) is 0.464. The van der Waals surface area contributed by atoms with Gasteiger partial charge in [-0.05, 0) is 47.3 Å². The number of epoxide rings is 1. The Labute approximate surface area is 182 Å². The Morgan fingerprint density at radius 2 is 2.00 bits per heavy atom. The highest BCUT2D eigenvalue weighted by Crippen LogP contribution is 2.41. The predicted molar refractivity (Wildman–Crippen MR) is 127 cm³/mol. The third-order valence-electron chi connectivity index (χ3n) is 6.87. The van der Waals surface area contributed by atoms with Gasteiger partial charge in [0.15, 0.2) is 0 Å². The number of hydrogen-bond acceptors (Lipinski definition) is 2. The van der Waals surface area contributed by atoms with Crippen molar-refractivity contribution in [1.29, 1.82) is 0 Å². The van der Waals surface area contributed by atoms with Gasteiger partial charge in [0.25, 0.3) is 0 Å². The molecule has 0 N–H and O–H groups in total. The summed E-state index contributed by atoms with van der Waals surface area (Å²) >= 11 is 0. The van der Waals surface area contributed by atoms with Crippen molar-refractivity contribution in [2.45, 2.75) is 53.1 Å². The molecule has 0 spiro atoms. The first kappa shape index (κ1) is 21.1. The van der Waals surface area contributed by atoms with E-state index in [1.54, 1.807) is 0 Å². The van der Waals surface area contributed by atoms with Crippen LogP contribution in [0.1, 0.15) is 47.0 Å². The van der Waals surface area contributed by atoms with E-state index in [1.165, 1.54) is 28.0 Å². The fourth-order valence-electron chi connectivity index (χ4n) is 4.80. The van der Waals surface area contributed by atoms with Gasteiger partial charge in [0.2, 0.25) is 0 Å². The Morgan fingerprint density at radius 1 is 1.20 bits per heavy atom. The van der Waals surface area contributed by atoms with Gasteiger partial charge >= 0.3 is 0 Å². The molecule has 4 unspecified atom stereocenters. The number of fused-ring (bicyclic) bond motifs is 1. The molecule has 2 heteroatoms. The lowest BCUT2D eigenvalue weighted by molar-refractivity contribution is 0.314. The van der Waals surface area contributed by atoms with Gasteiger partial charge in [-0.3, -0.25) is 4.99 Å². The van der Waals surface area contributed by atoms with Crippen molar-refractivity contribution in [3.05, 3.63) is 83.2 Å². The molecule has 0 amide bonds. The zero-order valence-electron chi connectivity index (χ0n) is 18.9. The second-order valence-corrected chi connectivity index (χ2v) is 9.97. The SMILES string of the molecule is C=CC=CC(C1=CC2CC=NC(C3=CC=C(C(C)(C)C)CC3)=C2C=C1)C(C)C1CO1. The molecular weight excluding hydrogens is 366 g/mol. The number of rotatable bonds is 6. The van der Waals surface area contributed by atoms with Gasteiger partial charge in [-0.2, -0.15) is 0 Å². The van der Waals surface area contributed by atoms with Crippen molar-refractivity contribution < 1.29 is 4.74 Å². The number of nitrogens with zero attached hydrogens (tertiary/aromatic N) is 1. The molecule has 1 saturated heterocycles. The minimum absolute atomic E-state index is 0.247. The molecule has 4 rings (SSSR count). The number of aliphatic imine (C=N–C) groups is 1. The van der Waals surface area contributed by atoms with Crippen LogP contribution in [-0.2, 0) is 4.74 Å². The number of ether oxygens (including phenoxy) is 1. The highest BCUT2D eigenvalue weighted by molar-refractivity contribution is 5.68. The van der Waals surface area contributed by atoms with Crippen LogP contribution in [0, 0.1) is 23.2 Å². The number of allylic oxidation sites excluding steroid dienone is 12. The lowest BCUT2D eigenvalue weighted by Crippen LogP contribution is -2.20. The third-order valence-corrected chi connectivity index (χ3v) is 6.87. The molecule has 4 aliphatic rings. The Kier molecular flexibility index (Phi) is 5.97. The first-order valence-corrected chi connectivity index (χ1v) is 11.4. The summed E-state index contributed by atoms with van der Waals surface area (Å²) in [6.07, 6.45) is 23.6. The fourth-order valence-corrected chi connectivity index (χ4v) is 4.80. The lowest BCUT2D eigenvalue weighted by atomic mass is 9.76. The quantitative estimate of drug-likeness (QED) is 0.350. The Morgan fingerprint density at radius 3 is 2.63 bits per heavy atom. The molecule has 2 heterocycles. The van der Waals surface area contributed by atoms with Gasteiger partial charge < -0.3 is 4.74 Å². The molecule has 30 heavy (non-hydrogen) atoms. The highest BCUT2D eigenvalue weighted by atomic mass is 16.6. The van der Waals surface area contributed by atoms with E-state index in [0.717, 1.165) is 25.9 Å². The first-order valence-electron chi connectivity index (χ1n) is 11.4. The molecular formula is C28H35NO. The molecule has 4 atom stereocenters. The first-order chi connectivity index (χ1) is 14.4. The lowest BCUT2D eigenvalue weighted by Gasteiger charge is -2.30. The van der Waals surface area contributed by atoms with Gasteiger partial charge in [0.05, 0.1) is 18.4 Å². The average molecular weight is 402 g/mol. The second kappa shape index (κ2) is 8.51. The van der Waals surface area contributed by atoms with Crippen molar-refractivity contribution in [2.24, 2.45) is 28.2 Å². The van der Waals surface area contributed by atoms with Gasteiger partial charge in [-0.15, -0.1) is 0 Å². The van der Waals surface area contributed by atoms with Gasteiger partial charge in [-0.1, -0.05) is 88.5 Å². The monoisotopic (exact) mass is 401 g/mol. The Hall–Kier alpha value is -2.19. The molecule has 0 aromatic carbocycles. The molecule has 2 aliphatic carbocycles. The normalized spacial score (nSPS) is 27.9. The summed E-state index contributed by atoms with van der Waals surface area (Å²) in [5.74, 6) is 1.25. The van der Waals surface area contributed by atoms with Crippen LogP contribution in [0.15, 0.2) is 88.2 Å². The van der Waals surface area contributed by atoms with Gasteiger partial charge in [-0.25, -0.2) is 0 Å². The molecule has 0 aromatic rings. The van der Waals surface area contributed by atoms with Crippen LogP contribution >= 0.6 is 0 Å². The van der Waals surface area contributed by atoms with E-state index in [0.29, 0.717) is 23.9 Å². The van der Waals surface area contributed by atoms with Crippen molar-refractivity contribution in [3.63, 3.8) is 0 Å². The van der Waals surface area contributed by atoms with Gasteiger partial charge in [0.1, 0.15) is 0 Å². The summed E-state index contributed by atoms with van der Waals surface area (Å²) in [5.41, 5.74) is 7.12. The smallest absolute Gasteiger partial charge is 0.0844 e. The largest absolute Gasteiger partial charge is 0.373 e. The van der Waals surface area contributed by atoms with Gasteiger partial charge in [0, 0.05) is 18.1 Å². The summed E-state index contributed by atoms with van der Waals surface area (Å²) in [7, 11) is 0. The minimum Gasteiger partial charge on any atom is -0.373 e. The van der Waals surface area contributed by atoms with Crippen molar-refractivity contribution in [2.75, 3.05) is 6.61 Å². The van der Waals surface area contributed by atoms with Crippen molar-refractivity contribution in [1.82, 2.24) is 0 Å².